The van der Waals surface area contributed by atoms with Crippen LogP contribution in [0.15, 0.2) is 12.1 Å². The van der Waals surface area contributed by atoms with Crippen molar-refractivity contribution in [1.29, 1.82) is 0 Å². The molecule has 0 spiro atoms. The molecule has 28 heavy (non-hydrogen) atoms. The van der Waals surface area contributed by atoms with E-state index in [1.54, 1.807) is 12.1 Å². The molecule has 0 radical (unpaired) electrons. The average Bonchev–Trinajstić information content (AvgIpc) is 2.71. The molecule has 6 nitrogen and oxygen atoms in total. The first kappa shape index (κ1) is 22.3. The predicted molar refractivity (Wildman–Crippen MR) is 110 cm³/mol. The lowest BCUT2D eigenvalue weighted by molar-refractivity contribution is 0.0273. The highest BCUT2D eigenvalue weighted by molar-refractivity contribution is 5.95. The zero-order chi connectivity index (χ0) is 20.2. The fraction of sp³-hybridized carbons (Fsp3) is 0.682. The van der Waals surface area contributed by atoms with E-state index in [1.807, 2.05) is 20.8 Å². The Morgan fingerprint density at radius 2 is 1.57 bits per heavy atom. The SMILES string of the molecule is CCOc1cc(C(=O)NCCCOC2CCCCC2)cc(OCC)c1OCC. The monoisotopic (exact) mass is 393 g/mol. The molecule has 0 atom stereocenters. The number of carbonyl (C=O) groups excluding carboxylic acids is 1. The van der Waals surface area contributed by atoms with Crippen molar-refractivity contribution in [2.24, 2.45) is 0 Å². The van der Waals surface area contributed by atoms with E-state index >= 15 is 0 Å². The van der Waals surface area contributed by atoms with Crippen LogP contribution in [0.5, 0.6) is 17.2 Å². The maximum atomic E-state index is 12.6. The molecule has 1 aromatic carbocycles. The molecule has 0 bridgehead atoms. The lowest BCUT2D eigenvalue weighted by atomic mass is 9.98. The Bertz CT molecular complexity index is 572. The van der Waals surface area contributed by atoms with Crippen LogP contribution >= 0.6 is 0 Å². The van der Waals surface area contributed by atoms with E-state index in [1.165, 1.54) is 32.1 Å². The smallest absolute Gasteiger partial charge is 0.251 e. The highest BCUT2D eigenvalue weighted by atomic mass is 16.5. The van der Waals surface area contributed by atoms with Gasteiger partial charge in [-0.1, -0.05) is 19.3 Å². The van der Waals surface area contributed by atoms with Gasteiger partial charge in [-0.05, 0) is 52.2 Å². The van der Waals surface area contributed by atoms with Gasteiger partial charge in [-0.15, -0.1) is 0 Å². The fourth-order valence-electron chi connectivity index (χ4n) is 3.38. The number of carbonyl (C=O) groups is 1. The molecule has 0 saturated heterocycles. The summed E-state index contributed by atoms with van der Waals surface area (Å²) < 4.78 is 22.9. The van der Waals surface area contributed by atoms with Crippen LogP contribution in [0.4, 0.5) is 0 Å². The van der Waals surface area contributed by atoms with Crippen LogP contribution in [0.2, 0.25) is 0 Å². The van der Waals surface area contributed by atoms with Gasteiger partial charge < -0.3 is 24.3 Å². The van der Waals surface area contributed by atoms with Crippen molar-refractivity contribution >= 4 is 5.91 Å². The van der Waals surface area contributed by atoms with E-state index in [0.717, 1.165) is 6.42 Å². The molecule has 1 aliphatic rings. The minimum Gasteiger partial charge on any atom is -0.490 e. The van der Waals surface area contributed by atoms with Crippen LogP contribution in [0, 0.1) is 0 Å². The van der Waals surface area contributed by atoms with E-state index < -0.39 is 0 Å². The lowest BCUT2D eigenvalue weighted by Crippen LogP contribution is -2.26. The zero-order valence-corrected chi connectivity index (χ0v) is 17.6. The summed E-state index contributed by atoms with van der Waals surface area (Å²) >= 11 is 0. The quantitative estimate of drug-likeness (QED) is 0.535. The van der Waals surface area contributed by atoms with E-state index in [2.05, 4.69) is 5.32 Å². The highest BCUT2D eigenvalue weighted by Crippen LogP contribution is 2.39. The number of hydrogen-bond acceptors (Lipinski definition) is 5. The molecule has 1 fully saturated rings. The van der Waals surface area contributed by atoms with E-state index in [9.17, 15) is 4.79 Å². The molecular weight excluding hydrogens is 358 g/mol. The van der Waals surface area contributed by atoms with E-state index in [0.29, 0.717) is 61.9 Å². The number of ether oxygens (including phenoxy) is 4. The third kappa shape index (κ3) is 6.89. The molecule has 1 saturated carbocycles. The number of nitrogens with one attached hydrogen (secondary N) is 1. The molecule has 0 heterocycles. The highest BCUT2D eigenvalue weighted by Gasteiger charge is 2.18. The second-order valence-corrected chi connectivity index (χ2v) is 6.84. The van der Waals surface area contributed by atoms with Crippen LogP contribution in [-0.2, 0) is 4.74 Å². The van der Waals surface area contributed by atoms with Crippen LogP contribution < -0.4 is 19.5 Å². The number of hydrogen-bond donors (Lipinski definition) is 1. The summed E-state index contributed by atoms with van der Waals surface area (Å²) in [5, 5.41) is 2.96. The standard InChI is InChI=1S/C22H35NO5/c1-4-25-19-15-17(16-20(26-5-2)21(19)27-6-3)22(24)23-13-10-14-28-18-11-8-7-9-12-18/h15-16,18H,4-14H2,1-3H3,(H,23,24). The van der Waals surface area contributed by atoms with Gasteiger partial charge in [-0.25, -0.2) is 0 Å². The second kappa shape index (κ2) is 12.5. The summed E-state index contributed by atoms with van der Waals surface area (Å²) in [7, 11) is 0. The molecule has 158 valence electrons. The van der Waals surface area contributed by atoms with Crippen molar-refractivity contribution in [3.63, 3.8) is 0 Å². The Morgan fingerprint density at radius 1 is 0.964 bits per heavy atom. The normalized spacial score (nSPS) is 14.5. The van der Waals surface area contributed by atoms with Gasteiger partial charge in [0.05, 0.1) is 25.9 Å². The van der Waals surface area contributed by atoms with E-state index in [-0.39, 0.29) is 5.91 Å². The van der Waals surface area contributed by atoms with Gasteiger partial charge in [0.2, 0.25) is 5.75 Å². The van der Waals surface area contributed by atoms with Gasteiger partial charge in [-0.2, -0.15) is 0 Å². The summed E-state index contributed by atoms with van der Waals surface area (Å²) in [4.78, 5) is 12.6. The summed E-state index contributed by atoms with van der Waals surface area (Å²) in [6.45, 7) is 8.41. The first-order valence-electron chi connectivity index (χ1n) is 10.7. The molecule has 1 amide bonds. The largest absolute Gasteiger partial charge is 0.490 e. The van der Waals surface area contributed by atoms with E-state index in [4.69, 9.17) is 18.9 Å². The third-order valence-corrected chi connectivity index (χ3v) is 4.68. The summed E-state index contributed by atoms with van der Waals surface area (Å²) in [6, 6.07) is 3.43. The summed E-state index contributed by atoms with van der Waals surface area (Å²) in [5.74, 6) is 1.45. The minimum absolute atomic E-state index is 0.150. The first-order chi connectivity index (χ1) is 13.7. The third-order valence-electron chi connectivity index (χ3n) is 4.68. The molecule has 0 aliphatic heterocycles. The second-order valence-electron chi connectivity index (χ2n) is 6.84. The lowest BCUT2D eigenvalue weighted by Gasteiger charge is -2.22. The van der Waals surface area contributed by atoms with Gasteiger partial charge in [0.1, 0.15) is 0 Å². The molecule has 0 unspecified atom stereocenters. The van der Waals surface area contributed by atoms with Gasteiger partial charge in [0.25, 0.3) is 5.91 Å². The van der Waals surface area contributed by atoms with Crippen molar-refractivity contribution in [2.75, 3.05) is 33.0 Å². The fourth-order valence-corrected chi connectivity index (χ4v) is 3.38. The maximum Gasteiger partial charge on any atom is 0.251 e. The number of benzene rings is 1. The van der Waals surface area contributed by atoms with Crippen molar-refractivity contribution in [2.45, 2.75) is 65.4 Å². The van der Waals surface area contributed by atoms with Gasteiger partial charge in [-0.3, -0.25) is 4.79 Å². The Balaban J connectivity index is 1.91. The molecule has 0 aromatic heterocycles. The van der Waals surface area contributed by atoms with Gasteiger partial charge in [0.15, 0.2) is 11.5 Å². The average molecular weight is 394 g/mol. The Labute approximate surface area is 168 Å². The van der Waals surface area contributed by atoms with Crippen molar-refractivity contribution in [3.8, 4) is 17.2 Å². The molecular formula is C22H35NO5. The Morgan fingerprint density at radius 3 is 2.14 bits per heavy atom. The van der Waals surface area contributed by atoms with Crippen LogP contribution in [0.25, 0.3) is 0 Å². The first-order valence-corrected chi connectivity index (χ1v) is 10.7. The molecule has 1 N–H and O–H groups in total. The maximum absolute atomic E-state index is 12.6. The minimum atomic E-state index is -0.150. The number of amides is 1. The Kier molecular flexibility index (Phi) is 9.97. The van der Waals surface area contributed by atoms with Crippen molar-refractivity contribution in [1.82, 2.24) is 5.32 Å². The predicted octanol–water partition coefficient (Wildman–Crippen LogP) is 4.35. The Hall–Kier alpha value is -1.95. The van der Waals surface area contributed by atoms with Crippen LogP contribution in [0.1, 0.15) is 69.7 Å². The summed E-state index contributed by atoms with van der Waals surface area (Å²) in [5.41, 5.74) is 0.503. The van der Waals surface area contributed by atoms with Gasteiger partial charge >= 0.3 is 0 Å². The van der Waals surface area contributed by atoms with Crippen molar-refractivity contribution in [3.05, 3.63) is 17.7 Å². The van der Waals surface area contributed by atoms with Crippen LogP contribution in [0.3, 0.4) is 0 Å². The van der Waals surface area contributed by atoms with Crippen LogP contribution in [-0.4, -0.2) is 45.0 Å². The van der Waals surface area contributed by atoms with Crippen molar-refractivity contribution < 1.29 is 23.7 Å². The van der Waals surface area contributed by atoms with Gasteiger partial charge in [0, 0.05) is 18.7 Å². The molecule has 1 aromatic rings. The number of rotatable bonds is 12. The molecule has 6 heteroatoms. The molecule has 2 rings (SSSR count). The molecule has 1 aliphatic carbocycles. The summed E-state index contributed by atoms with van der Waals surface area (Å²) in [6.07, 6.45) is 7.39. The topological polar surface area (TPSA) is 66.0 Å². The zero-order valence-electron chi connectivity index (χ0n) is 17.6.